The highest BCUT2D eigenvalue weighted by Crippen LogP contribution is 2.23. The second kappa shape index (κ2) is 7.21. The van der Waals surface area contributed by atoms with Gasteiger partial charge in [0.1, 0.15) is 6.61 Å². The molecule has 0 aliphatic rings. The Labute approximate surface area is 144 Å². The Morgan fingerprint density at radius 1 is 1.13 bits per heavy atom. The van der Waals surface area contributed by atoms with Crippen LogP contribution in [0.2, 0.25) is 10.0 Å². The van der Waals surface area contributed by atoms with Crippen molar-refractivity contribution in [2.24, 2.45) is 0 Å². The Balaban J connectivity index is 2.13. The molecule has 0 aliphatic carbocycles. The third kappa shape index (κ3) is 5.13. The number of para-hydroxylation sites is 1. The van der Waals surface area contributed by atoms with Gasteiger partial charge in [-0.1, -0.05) is 41.4 Å². The molecule has 1 N–H and O–H groups in total. The van der Waals surface area contributed by atoms with Gasteiger partial charge in [-0.05, 0) is 29.8 Å². The number of hydrogen-bond acceptors (Lipinski definition) is 4. The smallest absolute Gasteiger partial charge is 0.340 e. The molecule has 23 heavy (non-hydrogen) atoms. The fourth-order valence-electron chi connectivity index (χ4n) is 1.81. The minimum absolute atomic E-state index is 0.0110. The summed E-state index contributed by atoms with van der Waals surface area (Å²) in [5.74, 6) is -0.650. The molecule has 0 atom stereocenters. The first-order valence-corrected chi connectivity index (χ1v) is 9.09. The minimum atomic E-state index is -3.50. The summed E-state index contributed by atoms with van der Waals surface area (Å²) >= 11 is 11.7. The number of anilines is 1. The van der Waals surface area contributed by atoms with Gasteiger partial charge in [-0.25, -0.2) is 13.2 Å². The van der Waals surface area contributed by atoms with E-state index >= 15 is 0 Å². The molecule has 8 heteroatoms. The lowest BCUT2D eigenvalue weighted by molar-refractivity contribution is 0.0474. The number of benzene rings is 2. The van der Waals surface area contributed by atoms with Crippen molar-refractivity contribution in [2.45, 2.75) is 6.61 Å². The lowest BCUT2D eigenvalue weighted by Gasteiger charge is -2.10. The van der Waals surface area contributed by atoms with Crippen LogP contribution in [0, 0.1) is 0 Å². The molecule has 0 aromatic heterocycles. The lowest BCUT2D eigenvalue weighted by Crippen LogP contribution is -2.14. The first kappa shape index (κ1) is 17.6. The largest absolute Gasteiger partial charge is 0.457 e. The van der Waals surface area contributed by atoms with Crippen LogP contribution >= 0.6 is 23.2 Å². The zero-order chi connectivity index (χ0) is 17.0. The maximum atomic E-state index is 12.2. The van der Waals surface area contributed by atoms with Crippen molar-refractivity contribution in [3.8, 4) is 0 Å². The zero-order valence-corrected chi connectivity index (χ0v) is 14.4. The molecule has 5 nitrogen and oxygen atoms in total. The van der Waals surface area contributed by atoms with Crippen molar-refractivity contribution in [1.82, 2.24) is 0 Å². The highest BCUT2D eigenvalue weighted by molar-refractivity contribution is 7.92. The molecule has 2 aromatic carbocycles. The average molecular weight is 374 g/mol. The molecule has 2 aromatic rings. The van der Waals surface area contributed by atoms with Crippen LogP contribution in [0.15, 0.2) is 42.5 Å². The number of carbonyl (C=O) groups is 1. The third-order valence-electron chi connectivity index (χ3n) is 2.80. The Morgan fingerprint density at radius 3 is 2.48 bits per heavy atom. The van der Waals surface area contributed by atoms with Crippen LogP contribution in [0.1, 0.15) is 15.9 Å². The van der Waals surface area contributed by atoms with E-state index in [4.69, 9.17) is 27.9 Å². The number of rotatable bonds is 5. The molecule has 0 fully saturated rings. The quantitative estimate of drug-likeness (QED) is 0.810. The van der Waals surface area contributed by atoms with Crippen LogP contribution in [-0.2, 0) is 21.4 Å². The summed E-state index contributed by atoms with van der Waals surface area (Å²) in [6.45, 7) is -0.0110. The standard InChI is InChI=1S/C15H13Cl2NO4S/c1-23(20,21)18-14-5-3-2-4-11(14)15(19)22-9-10-6-7-12(16)13(17)8-10/h2-8,18H,9H2,1H3. The van der Waals surface area contributed by atoms with E-state index < -0.39 is 16.0 Å². The number of hydrogen-bond donors (Lipinski definition) is 1. The second-order valence-corrected chi connectivity index (χ2v) is 7.31. The van der Waals surface area contributed by atoms with Crippen LogP contribution in [0.25, 0.3) is 0 Å². The van der Waals surface area contributed by atoms with Gasteiger partial charge >= 0.3 is 5.97 Å². The third-order valence-corrected chi connectivity index (χ3v) is 4.13. The van der Waals surface area contributed by atoms with Gasteiger partial charge in [0.2, 0.25) is 10.0 Å². The Kier molecular flexibility index (Phi) is 5.51. The van der Waals surface area contributed by atoms with Gasteiger partial charge in [0.15, 0.2) is 0 Å². The van der Waals surface area contributed by atoms with E-state index in [0.717, 1.165) is 6.26 Å². The summed E-state index contributed by atoms with van der Waals surface area (Å²) in [6, 6.07) is 11.1. The van der Waals surface area contributed by atoms with Gasteiger partial charge in [0.05, 0.1) is 27.6 Å². The molecule has 122 valence electrons. The second-order valence-electron chi connectivity index (χ2n) is 4.74. The van der Waals surface area contributed by atoms with Gasteiger partial charge in [-0.2, -0.15) is 0 Å². The van der Waals surface area contributed by atoms with E-state index in [1.54, 1.807) is 30.3 Å². The number of halogens is 2. The molecule has 0 amide bonds. The monoisotopic (exact) mass is 373 g/mol. The van der Waals surface area contributed by atoms with Gasteiger partial charge in [0.25, 0.3) is 0 Å². The van der Waals surface area contributed by atoms with E-state index in [0.29, 0.717) is 15.6 Å². The number of carbonyl (C=O) groups excluding carboxylic acids is 1. The molecule has 0 saturated heterocycles. The van der Waals surface area contributed by atoms with Crippen LogP contribution in [0.3, 0.4) is 0 Å². The summed E-state index contributed by atoms with van der Waals surface area (Å²) in [5, 5.41) is 0.767. The fourth-order valence-corrected chi connectivity index (χ4v) is 2.70. The first-order chi connectivity index (χ1) is 10.8. The molecule has 2 rings (SSSR count). The van der Waals surface area contributed by atoms with E-state index in [9.17, 15) is 13.2 Å². The minimum Gasteiger partial charge on any atom is -0.457 e. The molecule has 0 aliphatic heterocycles. The highest BCUT2D eigenvalue weighted by Gasteiger charge is 2.15. The number of ether oxygens (including phenoxy) is 1. The van der Waals surface area contributed by atoms with E-state index in [2.05, 4.69) is 4.72 Å². The molecule has 0 unspecified atom stereocenters. The van der Waals surface area contributed by atoms with Crippen molar-refractivity contribution in [1.29, 1.82) is 0 Å². The summed E-state index contributed by atoms with van der Waals surface area (Å²) in [7, 11) is -3.50. The summed E-state index contributed by atoms with van der Waals surface area (Å²) < 4.78 is 30.1. The maximum absolute atomic E-state index is 12.2. The van der Waals surface area contributed by atoms with Gasteiger partial charge in [0, 0.05) is 0 Å². The molecular weight excluding hydrogens is 361 g/mol. The fraction of sp³-hybridized carbons (Fsp3) is 0.133. The van der Waals surface area contributed by atoms with Gasteiger partial charge < -0.3 is 4.74 Å². The first-order valence-electron chi connectivity index (χ1n) is 6.44. The van der Waals surface area contributed by atoms with Gasteiger partial charge in [-0.15, -0.1) is 0 Å². The lowest BCUT2D eigenvalue weighted by atomic mass is 10.2. The molecule has 0 saturated carbocycles. The predicted octanol–water partition coefficient (Wildman–Crippen LogP) is 3.72. The van der Waals surface area contributed by atoms with Crippen molar-refractivity contribution < 1.29 is 17.9 Å². The predicted molar refractivity (Wildman–Crippen MR) is 90.5 cm³/mol. The van der Waals surface area contributed by atoms with Crippen molar-refractivity contribution >= 4 is 44.9 Å². The topological polar surface area (TPSA) is 72.5 Å². The molecule has 0 radical (unpaired) electrons. The van der Waals surface area contributed by atoms with E-state index in [1.807, 2.05) is 0 Å². The Hall–Kier alpha value is -1.76. The SMILES string of the molecule is CS(=O)(=O)Nc1ccccc1C(=O)OCc1ccc(Cl)c(Cl)c1. The van der Waals surface area contributed by atoms with E-state index in [-0.39, 0.29) is 17.9 Å². The molecular formula is C15H13Cl2NO4S. The zero-order valence-electron chi connectivity index (χ0n) is 12.0. The van der Waals surface area contributed by atoms with Crippen molar-refractivity contribution in [3.05, 3.63) is 63.6 Å². The van der Waals surface area contributed by atoms with E-state index in [1.165, 1.54) is 12.1 Å². The van der Waals surface area contributed by atoms with Crippen molar-refractivity contribution in [3.63, 3.8) is 0 Å². The van der Waals surface area contributed by atoms with Gasteiger partial charge in [-0.3, -0.25) is 4.72 Å². The summed E-state index contributed by atoms with van der Waals surface area (Å²) in [4.78, 5) is 12.2. The highest BCUT2D eigenvalue weighted by atomic mass is 35.5. The molecule has 0 heterocycles. The van der Waals surface area contributed by atoms with Crippen LogP contribution < -0.4 is 4.72 Å². The summed E-state index contributed by atoms with van der Waals surface area (Å²) in [6.07, 6.45) is 1.00. The maximum Gasteiger partial charge on any atom is 0.340 e. The normalized spacial score (nSPS) is 11.1. The Bertz CT molecular complexity index is 837. The summed E-state index contributed by atoms with van der Waals surface area (Å²) in [5.41, 5.74) is 0.952. The number of sulfonamides is 1. The van der Waals surface area contributed by atoms with Crippen LogP contribution in [-0.4, -0.2) is 20.6 Å². The van der Waals surface area contributed by atoms with Crippen LogP contribution in [0.5, 0.6) is 0 Å². The molecule has 0 spiro atoms. The Morgan fingerprint density at radius 2 is 1.83 bits per heavy atom. The average Bonchev–Trinajstić information content (AvgIpc) is 2.47. The number of esters is 1. The van der Waals surface area contributed by atoms with Crippen LogP contribution in [0.4, 0.5) is 5.69 Å². The molecule has 0 bridgehead atoms. The van der Waals surface area contributed by atoms with Crippen molar-refractivity contribution in [2.75, 3.05) is 11.0 Å². The number of nitrogens with one attached hydrogen (secondary N) is 1.